The number of nitrogens with zero attached hydrogens (tertiary/aromatic N) is 2. The summed E-state index contributed by atoms with van der Waals surface area (Å²) in [4.78, 5) is 6.74. The third-order valence-electron chi connectivity index (χ3n) is 2.99. The molecule has 0 fully saturated rings. The molecule has 0 radical (unpaired) electrons. The highest BCUT2D eigenvalue weighted by Crippen LogP contribution is 2.35. The number of halogens is 1. The number of hydrogen-bond donors (Lipinski definition) is 0. The maximum absolute atomic E-state index is 5.60. The normalized spacial score (nSPS) is 16.6. The number of thioether (sulfide) groups is 1. The third-order valence-corrected chi connectivity index (χ3v) is 3.89. The highest BCUT2D eigenvalue weighted by molar-refractivity contribution is 8.93. The molecule has 0 unspecified atom stereocenters. The average molecular weight is 341 g/mol. The number of benzene rings is 1. The number of aliphatic imine (C=N–C) groups is 1. The van der Waals surface area contributed by atoms with E-state index in [2.05, 4.69) is 34.4 Å². The lowest BCUT2D eigenvalue weighted by Gasteiger charge is -2.16. The van der Waals surface area contributed by atoms with Crippen LogP contribution in [0.3, 0.4) is 0 Å². The topological polar surface area (TPSA) is 24.8 Å². The molecule has 0 N–H and O–H groups in total. The minimum Gasteiger partial charge on any atom is -0.494 e. The van der Waals surface area contributed by atoms with E-state index >= 15 is 0 Å². The van der Waals surface area contributed by atoms with Gasteiger partial charge in [0.2, 0.25) is 0 Å². The Balaban J connectivity index is 0.00000133. The van der Waals surface area contributed by atoms with E-state index in [1.807, 2.05) is 12.1 Å². The molecular weight excluding hydrogens is 324 g/mol. The van der Waals surface area contributed by atoms with Crippen LogP contribution in [0, 0.1) is 0 Å². The molecule has 0 atom stereocenters. The summed E-state index contributed by atoms with van der Waals surface area (Å²) in [5.41, 5.74) is 2.50. The predicted octanol–water partition coefficient (Wildman–Crippen LogP) is 3.77. The molecular formula is C14H17BrN2OS. The van der Waals surface area contributed by atoms with Crippen LogP contribution in [0.1, 0.15) is 18.9 Å². The second-order valence-electron chi connectivity index (χ2n) is 4.31. The van der Waals surface area contributed by atoms with Crippen LogP contribution < -0.4 is 4.74 Å². The fraction of sp³-hybridized carbons (Fsp3) is 0.357. The van der Waals surface area contributed by atoms with Crippen LogP contribution in [-0.2, 0) is 0 Å². The molecule has 0 spiro atoms. The molecule has 5 heteroatoms. The molecule has 1 aromatic carbocycles. The quantitative estimate of drug-likeness (QED) is 0.833. The zero-order chi connectivity index (χ0) is 12.4. The Morgan fingerprint density at radius 3 is 2.84 bits per heavy atom. The van der Waals surface area contributed by atoms with Gasteiger partial charge in [-0.05, 0) is 36.2 Å². The van der Waals surface area contributed by atoms with Crippen molar-refractivity contribution in [1.29, 1.82) is 0 Å². The molecule has 0 saturated heterocycles. The molecule has 0 amide bonds. The first kappa shape index (κ1) is 14.5. The molecule has 2 heterocycles. The van der Waals surface area contributed by atoms with Crippen molar-refractivity contribution in [2.45, 2.75) is 13.3 Å². The van der Waals surface area contributed by atoms with Crippen LogP contribution in [0.25, 0.3) is 5.70 Å². The largest absolute Gasteiger partial charge is 0.494 e. The van der Waals surface area contributed by atoms with E-state index in [1.165, 1.54) is 11.3 Å². The highest BCUT2D eigenvalue weighted by Gasteiger charge is 2.26. The van der Waals surface area contributed by atoms with Crippen molar-refractivity contribution in [2.24, 2.45) is 4.99 Å². The second-order valence-corrected chi connectivity index (χ2v) is 5.15. The number of hydrogen-bond acceptors (Lipinski definition) is 4. The highest BCUT2D eigenvalue weighted by atomic mass is 79.9. The van der Waals surface area contributed by atoms with E-state index in [9.17, 15) is 0 Å². The van der Waals surface area contributed by atoms with Gasteiger partial charge in [0.15, 0.2) is 5.17 Å². The Morgan fingerprint density at radius 1 is 1.32 bits per heavy atom. The van der Waals surface area contributed by atoms with E-state index in [0.29, 0.717) is 0 Å². The van der Waals surface area contributed by atoms with Crippen molar-refractivity contribution in [1.82, 2.24) is 4.90 Å². The molecule has 3 rings (SSSR count). The van der Waals surface area contributed by atoms with Gasteiger partial charge >= 0.3 is 0 Å². The first-order chi connectivity index (χ1) is 8.88. The van der Waals surface area contributed by atoms with Crippen molar-refractivity contribution in [3.05, 3.63) is 35.2 Å². The smallest absolute Gasteiger partial charge is 0.168 e. The zero-order valence-corrected chi connectivity index (χ0v) is 13.4. The lowest BCUT2D eigenvalue weighted by molar-refractivity contribution is 0.317. The van der Waals surface area contributed by atoms with Gasteiger partial charge in [-0.1, -0.05) is 18.7 Å². The Kier molecular flexibility index (Phi) is 4.93. The molecule has 3 nitrogen and oxygen atoms in total. The molecule has 0 aliphatic carbocycles. The molecule has 1 aromatic rings. The van der Waals surface area contributed by atoms with Gasteiger partial charge in [0.1, 0.15) is 5.75 Å². The van der Waals surface area contributed by atoms with E-state index in [-0.39, 0.29) is 17.0 Å². The number of rotatable bonds is 4. The van der Waals surface area contributed by atoms with Gasteiger partial charge in [-0.25, -0.2) is 0 Å². The molecule has 19 heavy (non-hydrogen) atoms. The van der Waals surface area contributed by atoms with Gasteiger partial charge in [-0.2, -0.15) is 0 Å². The van der Waals surface area contributed by atoms with Gasteiger partial charge in [-0.3, -0.25) is 4.99 Å². The SMILES string of the molecule is Br.CCCOc1ccc(C2=CSC3=NCCN23)cc1. The first-order valence-corrected chi connectivity index (χ1v) is 7.18. The summed E-state index contributed by atoms with van der Waals surface area (Å²) >= 11 is 1.72. The van der Waals surface area contributed by atoms with Gasteiger partial charge < -0.3 is 9.64 Å². The number of fused-ring (bicyclic) bond motifs is 1. The molecule has 0 saturated carbocycles. The summed E-state index contributed by atoms with van der Waals surface area (Å²) in [5, 5.41) is 3.32. The van der Waals surface area contributed by atoms with Crippen molar-refractivity contribution >= 4 is 39.6 Å². The summed E-state index contributed by atoms with van der Waals surface area (Å²) in [6.07, 6.45) is 1.04. The van der Waals surface area contributed by atoms with Crippen molar-refractivity contribution in [3.63, 3.8) is 0 Å². The van der Waals surface area contributed by atoms with Crippen LogP contribution >= 0.6 is 28.7 Å². The van der Waals surface area contributed by atoms with Crippen molar-refractivity contribution < 1.29 is 4.74 Å². The van der Waals surface area contributed by atoms with E-state index in [0.717, 1.165) is 37.0 Å². The number of ether oxygens (including phenoxy) is 1. The first-order valence-electron chi connectivity index (χ1n) is 6.30. The number of amidine groups is 1. The van der Waals surface area contributed by atoms with Gasteiger partial charge in [-0.15, -0.1) is 17.0 Å². The maximum Gasteiger partial charge on any atom is 0.168 e. The van der Waals surface area contributed by atoms with Crippen LogP contribution in [0.5, 0.6) is 5.75 Å². The summed E-state index contributed by atoms with van der Waals surface area (Å²) in [6, 6.07) is 8.33. The molecule has 2 aliphatic rings. The van der Waals surface area contributed by atoms with Crippen LogP contribution in [0.2, 0.25) is 0 Å². The van der Waals surface area contributed by atoms with E-state index in [1.54, 1.807) is 11.8 Å². The van der Waals surface area contributed by atoms with Crippen LogP contribution in [-0.4, -0.2) is 29.8 Å². The predicted molar refractivity (Wildman–Crippen MR) is 87.1 cm³/mol. The Bertz CT molecular complexity index is 499. The Morgan fingerprint density at radius 2 is 2.11 bits per heavy atom. The zero-order valence-electron chi connectivity index (χ0n) is 10.8. The van der Waals surface area contributed by atoms with E-state index in [4.69, 9.17) is 4.74 Å². The van der Waals surface area contributed by atoms with Gasteiger partial charge in [0, 0.05) is 12.0 Å². The summed E-state index contributed by atoms with van der Waals surface area (Å²) < 4.78 is 5.60. The Hall–Kier alpha value is -0.940. The average Bonchev–Trinajstić information content (AvgIpc) is 2.99. The lowest BCUT2D eigenvalue weighted by Crippen LogP contribution is -2.19. The maximum atomic E-state index is 5.60. The standard InChI is InChI=1S/C14H16N2OS.BrH/c1-2-9-17-12-5-3-11(4-6-12)13-10-18-14-15-7-8-16(13)14;/h3-6,10H,2,7-9H2,1H3;1H. The molecule has 0 bridgehead atoms. The van der Waals surface area contributed by atoms with Crippen molar-refractivity contribution in [3.8, 4) is 5.75 Å². The summed E-state index contributed by atoms with van der Waals surface area (Å²) in [7, 11) is 0. The summed E-state index contributed by atoms with van der Waals surface area (Å²) in [6.45, 7) is 4.81. The fourth-order valence-corrected chi connectivity index (χ4v) is 3.05. The molecule has 2 aliphatic heterocycles. The Labute approximate surface area is 128 Å². The minimum absolute atomic E-state index is 0. The van der Waals surface area contributed by atoms with E-state index < -0.39 is 0 Å². The van der Waals surface area contributed by atoms with Gasteiger partial charge in [0.25, 0.3) is 0 Å². The van der Waals surface area contributed by atoms with Gasteiger partial charge in [0.05, 0.1) is 18.8 Å². The lowest BCUT2D eigenvalue weighted by atomic mass is 10.1. The summed E-state index contributed by atoms with van der Waals surface area (Å²) in [5.74, 6) is 0.946. The molecule has 0 aromatic heterocycles. The van der Waals surface area contributed by atoms with Crippen LogP contribution in [0.4, 0.5) is 0 Å². The fourth-order valence-electron chi connectivity index (χ4n) is 2.09. The molecule has 102 valence electrons. The minimum atomic E-state index is 0. The van der Waals surface area contributed by atoms with Crippen LogP contribution in [0.15, 0.2) is 34.7 Å². The third kappa shape index (κ3) is 2.98. The van der Waals surface area contributed by atoms with Crippen molar-refractivity contribution in [2.75, 3.05) is 19.7 Å². The second kappa shape index (κ2) is 6.48. The monoisotopic (exact) mass is 340 g/mol.